The third-order valence-electron chi connectivity index (χ3n) is 5.84. The number of hydrogen-bond donors (Lipinski definition) is 3. The maximum Gasteiger partial charge on any atom is 0.228 e. The molecule has 2 aliphatic rings. The van der Waals surface area contributed by atoms with Crippen molar-refractivity contribution in [2.24, 2.45) is 5.92 Å². The Kier molecular flexibility index (Phi) is 5.78. The van der Waals surface area contributed by atoms with E-state index in [2.05, 4.69) is 56.1 Å². The topological polar surface area (TPSA) is 90.9 Å². The van der Waals surface area contributed by atoms with Crippen molar-refractivity contribution in [3.05, 3.63) is 30.6 Å². The summed E-state index contributed by atoms with van der Waals surface area (Å²) in [7, 11) is 0. The molecule has 1 atom stereocenters. The van der Waals surface area contributed by atoms with Crippen LogP contribution in [-0.4, -0.2) is 58.4 Å². The fourth-order valence-electron chi connectivity index (χ4n) is 3.86. The summed E-state index contributed by atoms with van der Waals surface area (Å²) in [6.45, 7) is 5.82. The zero-order valence-corrected chi connectivity index (χ0v) is 18.7. The second kappa shape index (κ2) is 8.84. The highest BCUT2D eigenvalue weighted by Crippen LogP contribution is 2.33. The molecule has 31 heavy (non-hydrogen) atoms. The smallest absolute Gasteiger partial charge is 0.228 e. The first-order chi connectivity index (χ1) is 15.2. The number of piperazine rings is 1. The van der Waals surface area contributed by atoms with E-state index in [1.807, 2.05) is 12.1 Å². The van der Waals surface area contributed by atoms with Crippen LogP contribution in [0.1, 0.15) is 19.8 Å². The molecule has 0 amide bonds. The standard InChI is InChI=1S/C22H28N8S/c1-14-11-23-9-10-30(14)22-28-19-18(25-13-26-20(19)24-12-15-7-8-15)21(29-22)27-16-5-3-4-6-17(16)31-2/h3-6,13-15,23H,7-12H2,1-2H3,(H,24,25,26)(H,27,28,29)/t14-/m1/s1. The van der Waals surface area contributed by atoms with Crippen LogP contribution in [0.2, 0.25) is 0 Å². The number of thioether (sulfide) groups is 1. The van der Waals surface area contributed by atoms with Gasteiger partial charge in [-0.15, -0.1) is 11.8 Å². The van der Waals surface area contributed by atoms with Crippen molar-refractivity contribution in [3.63, 3.8) is 0 Å². The van der Waals surface area contributed by atoms with Gasteiger partial charge in [0.25, 0.3) is 0 Å². The van der Waals surface area contributed by atoms with E-state index in [1.54, 1.807) is 18.1 Å². The third kappa shape index (κ3) is 4.38. The summed E-state index contributed by atoms with van der Waals surface area (Å²) in [5, 5.41) is 10.5. The van der Waals surface area contributed by atoms with Crippen molar-refractivity contribution >= 4 is 46.1 Å². The van der Waals surface area contributed by atoms with Crippen LogP contribution in [0.25, 0.3) is 11.0 Å². The van der Waals surface area contributed by atoms with Crippen LogP contribution >= 0.6 is 11.8 Å². The van der Waals surface area contributed by atoms with Gasteiger partial charge in [0.1, 0.15) is 17.4 Å². The van der Waals surface area contributed by atoms with Crippen molar-refractivity contribution in [2.45, 2.75) is 30.7 Å². The maximum absolute atomic E-state index is 4.95. The number of rotatable bonds is 7. The molecule has 1 aromatic carbocycles. The minimum Gasteiger partial charge on any atom is -0.368 e. The molecule has 9 heteroatoms. The van der Waals surface area contributed by atoms with Gasteiger partial charge in [0.15, 0.2) is 11.6 Å². The van der Waals surface area contributed by atoms with Crippen molar-refractivity contribution in [1.82, 2.24) is 25.3 Å². The van der Waals surface area contributed by atoms with Crippen LogP contribution in [-0.2, 0) is 0 Å². The van der Waals surface area contributed by atoms with Gasteiger partial charge >= 0.3 is 0 Å². The monoisotopic (exact) mass is 436 g/mol. The zero-order valence-electron chi connectivity index (χ0n) is 17.9. The lowest BCUT2D eigenvalue weighted by Gasteiger charge is -2.34. The van der Waals surface area contributed by atoms with Crippen molar-refractivity contribution < 1.29 is 0 Å². The van der Waals surface area contributed by atoms with E-state index in [4.69, 9.17) is 9.97 Å². The first-order valence-electron chi connectivity index (χ1n) is 10.9. The van der Waals surface area contributed by atoms with E-state index >= 15 is 0 Å². The number of benzene rings is 1. The predicted octanol–water partition coefficient (Wildman–Crippen LogP) is 3.51. The fraction of sp³-hybridized carbons (Fsp3) is 0.455. The minimum absolute atomic E-state index is 0.310. The highest BCUT2D eigenvalue weighted by Gasteiger charge is 2.25. The first-order valence-corrected chi connectivity index (χ1v) is 12.1. The second-order valence-corrected chi connectivity index (χ2v) is 9.04. The molecule has 0 radical (unpaired) electrons. The molecule has 0 bridgehead atoms. The molecule has 1 aliphatic carbocycles. The predicted molar refractivity (Wildman–Crippen MR) is 128 cm³/mol. The van der Waals surface area contributed by atoms with Gasteiger partial charge in [0, 0.05) is 37.1 Å². The Balaban J connectivity index is 1.60. The number of para-hydroxylation sites is 1. The van der Waals surface area contributed by atoms with E-state index in [-0.39, 0.29) is 0 Å². The number of aromatic nitrogens is 4. The lowest BCUT2D eigenvalue weighted by Crippen LogP contribution is -2.50. The van der Waals surface area contributed by atoms with Gasteiger partial charge in [0.05, 0.1) is 5.69 Å². The highest BCUT2D eigenvalue weighted by molar-refractivity contribution is 7.98. The molecule has 2 aromatic heterocycles. The van der Waals surface area contributed by atoms with E-state index in [9.17, 15) is 0 Å². The summed E-state index contributed by atoms with van der Waals surface area (Å²) in [5.41, 5.74) is 2.51. The summed E-state index contributed by atoms with van der Waals surface area (Å²) < 4.78 is 0. The lowest BCUT2D eigenvalue weighted by molar-refractivity contribution is 0.493. The van der Waals surface area contributed by atoms with Crippen LogP contribution in [0.3, 0.4) is 0 Å². The Bertz CT molecular complexity index is 1070. The van der Waals surface area contributed by atoms with Gasteiger partial charge in [0.2, 0.25) is 5.95 Å². The average Bonchev–Trinajstić information content (AvgIpc) is 3.63. The Morgan fingerprint density at radius 2 is 2.00 bits per heavy atom. The number of nitrogens with one attached hydrogen (secondary N) is 3. The molecule has 3 aromatic rings. The van der Waals surface area contributed by atoms with Gasteiger partial charge in [-0.2, -0.15) is 4.98 Å². The van der Waals surface area contributed by atoms with Crippen LogP contribution in [0.15, 0.2) is 35.5 Å². The number of nitrogens with zero attached hydrogens (tertiary/aromatic N) is 5. The largest absolute Gasteiger partial charge is 0.368 e. The van der Waals surface area contributed by atoms with E-state index in [0.717, 1.165) is 65.5 Å². The van der Waals surface area contributed by atoms with E-state index in [0.29, 0.717) is 11.9 Å². The lowest BCUT2D eigenvalue weighted by atomic mass is 10.2. The van der Waals surface area contributed by atoms with Crippen LogP contribution in [0, 0.1) is 5.92 Å². The molecule has 1 saturated carbocycles. The summed E-state index contributed by atoms with van der Waals surface area (Å²) in [5.74, 6) is 2.95. The molecular formula is C22H28N8S. The molecule has 5 rings (SSSR count). The van der Waals surface area contributed by atoms with Gasteiger partial charge in [-0.05, 0) is 44.1 Å². The number of anilines is 4. The van der Waals surface area contributed by atoms with E-state index in [1.165, 1.54) is 12.8 Å². The maximum atomic E-state index is 4.95. The normalized spacial score (nSPS) is 18.9. The van der Waals surface area contributed by atoms with Gasteiger partial charge in [-0.1, -0.05) is 12.1 Å². The molecule has 0 spiro atoms. The molecule has 0 unspecified atom stereocenters. The van der Waals surface area contributed by atoms with Crippen molar-refractivity contribution in [3.8, 4) is 0 Å². The molecule has 3 heterocycles. The summed E-state index contributed by atoms with van der Waals surface area (Å²) >= 11 is 1.70. The zero-order chi connectivity index (χ0) is 21.2. The van der Waals surface area contributed by atoms with Crippen LogP contribution in [0.5, 0.6) is 0 Å². The van der Waals surface area contributed by atoms with Crippen LogP contribution in [0.4, 0.5) is 23.3 Å². The Hall–Kier alpha value is -2.65. The highest BCUT2D eigenvalue weighted by atomic mass is 32.2. The number of fused-ring (bicyclic) bond motifs is 1. The second-order valence-electron chi connectivity index (χ2n) is 8.19. The van der Waals surface area contributed by atoms with Gasteiger partial charge in [-0.25, -0.2) is 15.0 Å². The first kappa shape index (κ1) is 20.3. The molecule has 8 nitrogen and oxygen atoms in total. The quantitative estimate of drug-likeness (QED) is 0.481. The van der Waals surface area contributed by atoms with Crippen molar-refractivity contribution in [1.29, 1.82) is 0 Å². The Morgan fingerprint density at radius 3 is 2.81 bits per heavy atom. The van der Waals surface area contributed by atoms with E-state index < -0.39 is 0 Å². The minimum atomic E-state index is 0.310. The van der Waals surface area contributed by atoms with Gasteiger partial charge < -0.3 is 20.9 Å². The molecule has 1 aliphatic heterocycles. The number of hydrogen-bond acceptors (Lipinski definition) is 9. The van der Waals surface area contributed by atoms with Crippen LogP contribution < -0.4 is 20.9 Å². The van der Waals surface area contributed by atoms with Gasteiger partial charge in [-0.3, -0.25) is 0 Å². The molecule has 2 fully saturated rings. The third-order valence-corrected chi connectivity index (χ3v) is 6.64. The average molecular weight is 437 g/mol. The summed E-state index contributed by atoms with van der Waals surface area (Å²) in [6.07, 6.45) is 6.24. The summed E-state index contributed by atoms with van der Waals surface area (Å²) in [4.78, 5) is 22.4. The Morgan fingerprint density at radius 1 is 1.13 bits per heavy atom. The molecule has 162 valence electrons. The molecular weight excluding hydrogens is 408 g/mol. The van der Waals surface area contributed by atoms with Crippen molar-refractivity contribution in [2.75, 3.05) is 48.0 Å². The Labute approximate surface area is 186 Å². The molecule has 1 saturated heterocycles. The molecule has 3 N–H and O–H groups in total. The SMILES string of the molecule is CSc1ccccc1Nc1nc(N2CCNC[C@H]2C)nc2c(NCC3CC3)ncnc12. The summed E-state index contributed by atoms with van der Waals surface area (Å²) in [6, 6.07) is 8.56. The fourth-order valence-corrected chi connectivity index (χ4v) is 4.41.